The van der Waals surface area contributed by atoms with Gasteiger partial charge in [0.1, 0.15) is 5.75 Å². The Labute approximate surface area is 99.6 Å². The van der Waals surface area contributed by atoms with E-state index >= 15 is 0 Å². The Hall–Kier alpha value is -2.37. The zero-order valence-corrected chi connectivity index (χ0v) is 9.75. The van der Waals surface area contributed by atoms with Crippen molar-refractivity contribution >= 4 is 18.1 Å². The lowest BCUT2D eigenvalue weighted by Crippen LogP contribution is -2.22. The molecule has 17 heavy (non-hydrogen) atoms. The molecular formula is C11H15N5O. The summed E-state index contributed by atoms with van der Waals surface area (Å²) < 4.78 is 0. The summed E-state index contributed by atoms with van der Waals surface area (Å²) in [6, 6.07) is 6.50. The Morgan fingerprint density at radius 2 is 1.94 bits per heavy atom. The molecule has 0 unspecified atom stereocenters. The number of nitrogens with one attached hydrogen (secondary N) is 1. The molecule has 0 radical (unpaired) electrons. The maximum atomic E-state index is 9.09. The predicted molar refractivity (Wildman–Crippen MR) is 68.7 cm³/mol. The monoisotopic (exact) mass is 233 g/mol. The van der Waals surface area contributed by atoms with Crippen LogP contribution in [0.3, 0.4) is 0 Å². The highest BCUT2D eigenvalue weighted by Gasteiger charge is 1.96. The molecule has 0 aromatic heterocycles. The molecule has 6 heteroatoms. The fraction of sp³-hybridized carbons (Fsp3) is 0.182. The van der Waals surface area contributed by atoms with Gasteiger partial charge in [0.2, 0.25) is 11.9 Å². The van der Waals surface area contributed by atoms with Gasteiger partial charge in [-0.05, 0) is 29.8 Å². The SMILES string of the molecule is CN(C)C(=N)/N=C(N)/N=C/c1ccc(O)cc1. The lowest BCUT2D eigenvalue weighted by Gasteiger charge is -2.07. The number of phenols is 1. The normalized spacial score (nSPS) is 11.8. The van der Waals surface area contributed by atoms with Crippen molar-refractivity contribution < 1.29 is 5.11 Å². The number of nitrogens with zero attached hydrogens (tertiary/aromatic N) is 3. The van der Waals surface area contributed by atoms with Crippen molar-refractivity contribution in [3.63, 3.8) is 0 Å². The number of hydrogen-bond acceptors (Lipinski definition) is 2. The number of guanidine groups is 2. The van der Waals surface area contributed by atoms with E-state index < -0.39 is 0 Å². The van der Waals surface area contributed by atoms with E-state index in [0.29, 0.717) is 0 Å². The summed E-state index contributed by atoms with van der Waals surface area (Å²) in [6.45, 7) is 0. The maximum absolute atomic E-state index is 9.09. The zero-order chi connectivity index (χ0) is 12.8. The van der Waals surface area contributed by atoms with E-state index in [1.54, 1.807) is 38.4 Å². The largest absolute Gasteiger partial charge is 0.508 e. The molecule has 0 saturated heterocycles. The number of phenolic OH excluding ortho intramolecular Hbond substituents is 1. The average molecular weight is 233 g/mol. The molecule has 0 aliphatic heterocycles. The highest BCUT2D eigenvalue weighted by atomic mass is 16.3. The van der Waals surface area contributed by atoms with Crippen LogP contribution in [0.1, 0.15) is 5.56 Å². The summed E-state index contributed by atoms with van der Waals surface area (Å²) in [5.74, 6) is 0.236. The Kier molecular flexibility index (Phi) is 4.21. The first kappa shape index (κ1) is 12.7. The first-order valence-corrected chi connectivity index (χ1v) is 4.92. The molecule has 1 aromatic rings. The van der Waals surface area contributed by atoms with Gasteiger partial charge < -0.3 is 15.7 Å². The number of aromatic hydroxyl groups is 1. The summed E-state index contributed by atoms with van der Waals surface area (Å²) in [6.07, 6.45) is 1.52. The average Bonchev–Trinajstić information content (AvgIpc) is 2.28. The Balaban J connectivity index is 2.71. The fourth-order valence-electron chi connectivity index (χ4n) is 0.938. The van der Waals surface area contributed by atoms with Crippen molar-refractivity contribution in [3.8, 4) is 5.75 Å². The van der Waals surface area contributed by atoms with Gasteiger partial charge in [-0.2, -0.15) is 4.99 Å². The van der Waals surface area contributed by atoms with Crippen LogP contribution >= 0.6 is 0 Å². The smallest absolute Gasteiger partial charge is 0.223 e. The van der Waals surface area contributed by atoms with Crippen molar-refractivity contribution in [1.29, 1.82) is 5.41 Å². The van der Waals surface area contributed by atoms with E-state index in [9.17, 15) is 0 Å². The predicted octanol–water partition coefficient (Wildman–Crippen LogP) is 0.622. The van der Waals surface area contributed by atoms with Crippen molar-refractivity contribution in [2.24, 2.45) is 15.7 Å². The van der Waals surface area contributed by atoms with Crippen molar-refractivity contribution in [3.05, 3.63) is 29.8 Å². The van der Waals surface area contributed by atoms with Gasteiger partial charge in [-0.25, -0.2) is 4.99 Å². The third kappa shape index (κ3) is 4.33. The fourth-order valence-corrected chi connectivity index (χ4v) is 0.938. The lowest BCUT2D eigenvalue weighted by molar-refractivity contribution is 0.475. The van der Waals surface area contributed by atoms with Crippen LogP contribution in [0.15, 0.2) is 34.3 Å². The van der Waals surface area contributed by atoms with E-state index in [2.05, 4.69) is 9.98 Å². The molecule has 1 rings (SSSR count). The van der Waals surface area contributed by atoms with Gasteiger partial charge >= 0.3 is 0 Å². The van der Waals surface area contributed by atoms with Crippen LogP contribution in [0.2, 0.25) is 0 Å². The standard InChI is InChI=1S/C11H15N5O/c1-16(2)11(13)15-10(12)14-7-8-3-5-9(17)6-4-8/h3-7,17H,1-2H3,(H3,12,13,15)/b14-7+. The van der Waals surface area contributed by atoms with Crippen molar-refractivity contribution in [1.82, 2.24) is 4.90 Å². The van der Waals surface area contributed by atoms with Crippen LogP contribution in [0.5, 0.6) is 5.75 Å². The Morgan fingerprint density at radius 3 is 2.47 bits per heavy atom. The van der Waals surface area contributed by atoms with Gasteiger partial charge in [0, 0.05) is 20.3 Å². The van der Waals surface area contributed by atoms with Crippen LogP contribution in [0.4, 0.5) is 0 Å². The molecule has 90 valence electrons. The zero-order valence-electron chi connectivity index (χ0n) is 9.75. The van der Waals surface area contributed by atoms with Gasteiger partial charge in [0.05, 0.1) is 0 Å². The lowest BCUT2D eigenvalue weighted by atomic mass is 10.2. The van der Waals surface area contributed by atoms with Gasteiger partial charge in [-0.3, -0.25) is 5.41 Å². The van der Waals surface area contributed by atoms with E-state index in [1.807, 2.05) is 0 Å². The van der Waals surface area contributed by atoms with E-state index in [1.165, 1.54) is 11.1 Å². The molecule has 0 fully saturated rings. The first-order chi connectivity index (χ1) is 7.99. The number of rotatable bonds is 1. The minimum atomic E-state index is 0.0109. The number of benzene rings is 1. The van der Waals surface area contributed by atoms with Gasteiger partial charge in [0.25, 0.3) is 0 Å². The van der Waals surface area contributed by atoms with Crippen LogP contribution < -0.4 is 5.73 Å². The van der Waals surface area contributed by atoms with Crippen LogP contribution in [0, 0.1) is 5.41 Å². The van der Waals surface area contributed by atoms with E-state index in [0.717, 1.165) is 5.56 Å². The summed E-state index contributed by atoms with van der Waals surface area (Å²) in [4.78, 5) is 9.18. The van der Waals surface area contributed by atoms with E-state index in [4.69, 9.17) is 16.2 Å². The first-order valence-electron chi connectivity index (χ1n) is 4.92. The highest BCUT2D eigenvalue weighted by Crippen LogP contribution is 2.07. The van der Waals surface area contributed by atoms with Crippen molar-refractivity contribution in [2.45, 2.75) is 0 Å². The Morgan fingerprint density at radius 1 is 1.35 bits per heavy atom. The van der Waals surface area contributed by atoms with Crippen molar-refractivity contribution in [2.75, 3.05) is 14.1 Å². The highest BCUT2D eigenvalue weighted by molar-refractivity contribution is 5.98. The molecule has 0 heterocycles. The minimum absolute atomic E-state index is 0.0109. The number of nitrogens with two attached hydrogens (primary N) is 1. The summed E-state index contributed by atoms with van der Waals surface area (Å²) >= 11 is 0. The summed E-state index contributed by atoms with van der Waals surface area (Å²) in [5, 5.41) is 16.5. The molecule has 0 amide bonds. The second kappa shape index (κ2) is 5.64. The van der Waals surface area contributed by atoms with E-state index in [-0.39, 0.29) is 17.7 Å². The molecule has 0 bridgehead atoms. The third-order valence-electron chi connectivity index (χ3n) is 1.88. The molecule has 0 aliphatic carbocycles. The molecule has 0 saturated carbocycles. The molecule has 0 atom stereocenters. The quantitative estimate of drug-likeness (QED) is 0.490. The molecule has 0 spiro atoms. The molecule has 4 N–H and O–H groups in total. The third-order valence-corrected chi connectivity index (χ3v) is 1.88. The van der Waals surface area contributed by atoms with Crippen LogP contribution in [-0.2, 0) is 0 Å². The van der Waals surface area contributed by atoms with Gasteiger partial charge in [0.15, 0.2) is 0 Å². The minimum Gasteiger partial charge on any atom is -0.508 e. The molecule has 0 aliphatic rings. The van der Waals surface area contributed by atoms with Crippen LogP contribution in [0.25, 0.3) is 0 Å². The van der Waals surface area contributed by atoms with Gasteiger partial charge in [-0.1, -0.05) is 0 Å². The summed E-state index contributed by atoms with van der Waals surface area (Å²) in [5.41, 5.74) is 6.31. The topological polar surface area (TPSA) is 98.1 Å². The molecule has 6 nitrogen and oxygen atoms in total. The number of hydrogen-bond donors (Lipinski definition) is 3. The Bertz CT molecular complexity index is 447. The molecule has 1 aromatic carbocycles. The van der Waals surface area contributed by atoms with Gasteiger partial charge in [-0.15, -0.1) is 0 Å². The summed E-state index contributed by atoms with van der Waals surface area (Å²) in [7, 11) is 3.39. The van der Waals surface area contributed by atoms with Crippen LogP contribution in [-0.4, -0.2) is 42.2 Å². The second-order valence-corrected chi connectivity index (χ2v) is 3.54. The molecular weight excluding hydrogens is 218 g/mol. The second-order valence-electron chi connectivity index (χ2n) is 3.54. The maximum Gasteiger partial charge on any atom is 0.223 e. The number of aliphatic imine (C=N–C) groups is 2.